The van der Waals surface area contributed by atoms with Crippen molar-refractivity contribution in [1.82, 2.24) is 14.8 Å². The van der Waals surface area contributed by atoms with E-state index >= 15 is 0 Å². The monoisotopic (exact) mass is 479 g/mol. The number of amides is 1. The van der Waals surface area contributed by atoms with E-state index < -0.39 is 0 Å². The van der Waals surface area contributed by atoms with Crippen LogP contribution in [-0.4, -0.2) is 54.0 Å². The van der Waals surface area contributed by atoms with E-state index in [0.717, 1.165) is 25.2 Å². The molecule has 4 rings (SSSR count). The second-order valence-electron chi connectivity index (χ2n) is 7.70. The van der Waals surface area contributed by atoms with Gasteiger partial charge in [-0.3, -0.25) is 9.69 Å². The Hall–Kier alpha value is -3.04. The molecule has 0 spiro atoms. The summed E-state index contributed by atoms with van der Waals surface area (Å²) in [4.78, 5) is 21.5. The number of carbonyl (C=O) groups excluding carboxylic acids is 1. The Bertz CT molecular complexity index is 1200. The number of rotatable bonds is 4. The van der Waals surface area contributed by atoms with Gasteiger partial charge in [0.25, 0.3) is 5.91 Å². The number of ether oxygens (including phenoxy) is 1. The molecule has 7 heteroatoms. The van der Waals surface area contributed by atoms with E-state index in [1.807, 2.05) is 41.3 Å². The van der Waals surface area contributed by atoms with Crippen LogP contribution in [0.25, 0.3) is 0 Å². The molecule has 0 atom stereocenters. The molecule has 168 valence electrons. The van der Waals surface area contributed by atoms with Crippen LogP contribution >= 0.6 is 23.2 Å². The molecule has 1 aliphatic rings. The van der Waals surface area contributed by atoms with E-state index in [0.29, 0.717) is 45.7 Å². The Kier molecular flexibility index (Phi) is 7.51. The molecule has 2 aromatic carbocycles. The minimum Gasteiger partial charge on any atom is -0.495 e. The highest BCUT2D eigenvalue weighted by Gasteiger charge is 2.23. The molecule has 0 N–H and O–H groups in total. The Balaban J connectivity index is 1.42. The van der Waals surface area contributed by atoms with Crippen molar-refractivity contribution in [2.75, 3.05) is 33.3 Å². The van der Waals surface area contributed by atoms with Crippen molar-refractivity contribution in [1.29, 1.82) is 0 Å². The Morgan fingerprint density at radius 1 is 1.00 bits per heavy atom. The van der Waals surface area contributed by atoms with Crippen molar-refractivity contribution in [3.8, 4) is 17.6 Å². The fraction of sp³-hybridized carbons (Fsp3) is 0.231. The van der Waals surface area contributed by atoms with Crippen LogP contribution in [0, 0.1) is 11.8 Å². The van der Waals surface area contributed by atoms with Crippen LogP contribution in [0.4, 0.5) is 0 Å². The van der Waals surface area contributed by atoms with Crippen LogP contribution in [0.15, 0.2) is 60.8 Å². The summed E-state index contributed by atoms with van der Waals surface area (Å²) in [7, 11) is 1.59. The summed E-state index contributed by atoms with van der Waals surface area (Å²) in [5.74, 6) is 6.73. The minimum atomic E-state index is -0.00673. The molecule has 33 heavy (non-hydrogen) atoms. The van der Waals surface area contributed by atoms with Gasteiger partial charge in [-0.15, -0.1) is 0 Å². The smallest absolute Gasteiger partial charge is 0.253 e. The van der Waals surface area contributed by atoms with Gasteiger partial charge in [0.1, 0.15) is 11.4 Å². The number of piperazine rings is 1. The first-order valence-corrected chi connectivity index (χ1v) is 11.4. The summed E-state index contributed by atoms with van der Waals surface area (Å²) in [6, 6.07) is 16.6. The van der Waals surface area contributed by atoms with Crippen molar-refractivity contribution in [3.05, 3.63) is 93.2 Å². The maximum atomic E-state index is 13.1. The average Bonchev–Trinajstić information content (AvgIpc) is 2.85. The van der Waals surface area contributed by atoms with Crippen LogP contribution in [-0.2, 0) is 6.54 Å². The topological polar surface area (TPSA) is 45.7 Å². The molecule has 1 saturated heterocycles. The zero-order valence-corrected chi connectivity index (χ0v) is 19.7. The third-order valence-corrected chi connectivity index (χ3v) is 6.23. The first kappa shape index (κ1) is 23.1. The number of pyridine rings is 1. The molecule has 1 fully saturated rings. The molecule has 0 bridgehead atoms. The molecule has 2 heterocycles. The van der Waals surface area contributed by atoms with E-state index in [4.69, 9.17) is 27.9 Å². The lowest BCUT2D eigenvalue weighted by molar-refractivity contribution is 0.0628. The molecular formula is C26H23Cl2N3O2. The molecule has 0 unspecified atom stereocenters. The molecule has 0 saturated carbocycles. The summed E-state index contributed by atoms with van der Waals surface area (Å²) in [5.41, 5.74) is 3.02. The number of nitrogens with zero attached hydrogens (tertiary/aromatic N) is 3. The third kappa shape index (κ3) is 5.85. The lowest BCUT2D eigenvalue weighted by Crippen LogP contribution is -2.48. The summed E-state index contributed by atoms with van der Waals surface area (Å²) in [6.07, 6.45) is 1.70. The largest absolute Gasteiger partial charge is 0.495 e. The Morgan fingerprint density at radius 3 is 2.52 bits per heavy atom. The highest BCUT2D eigenvalue weighted by Crippen LogP contribution is 2.24. The summed E-state index contributed by atoms with van der Waals surface area (Å²) < 4.78 is 5.43. The zero-order chi connectivity index (χ0) is 23.2. The van der Waals surface area contributed by atoms with Crippen molar-refractivity contribution in [3.63, 3.8) is 0 Å². The van der Waals surface area contributed by atoms with Crippen molar-refractivity contribution >= 4 is 29.1 Å². The van der Waals surface area contributed by atoms with Gasteiger partial charge in [0.05, 0.1) is 22.7 Å². The predicted octanol–water partition coefficient (Wildman–Crippen LogP) is 4.75. The minimum absolute atomic E-state index is 0.00673. The van der Waals surface area contributed by atoms with Gasteiger partial charge in [-0.05, 0) is 53.9 Å². The SMILES string of the molecule is COc1ccc(C(=O)N2CCN(Cc3ccc(Cl)c(Cl)c3)CC2)cc1C#Cc1ccccn1. The summed E-state index contributed by atoms with van der Waals surface area (Å²) >= 11 is 12.1. The molecule has 3 aromatic rings. The van der Waals surface area contributed by atoms with Crippen LogP contribution in [0.5, 0.6) is 5.75 Å². The summed E-state index contributed by atoms with van der Waals surface area (Å²) in [5, 5.41) is 1.11. The number of benzene rings is 2. The van der Waals surface area contributed by atoms with E-state index in [1.54, 1.807) is 31.5 Å². The molecule has 1 amide bonds. The third-order valence-electron chi connectivity index (χ3n) is 5.49. The van der Waals surface area contributed by atoms with Gasteiger partial charge in [-0.1, -0.05) is 41.3 Å². The molecule has 0 radical (unpaired) electrons. The maximum Gasteiger partial charge on any atom is 0.253 e. The maximum absolute atomic E-state index is 13.1. The first-order valence-electron chi connectivity index (χ1n) is 10.6. The van der Waals surface area contributed by atoms with Crippen molar-refractivity contribution < 1.29 is 9.53 Å². The normalized spacial score (nSPS) is 13.8. The van der Waals surface area contributed by atoms with Crippen molar-refractivity contribution in [2.45, 2.75) is 6.54 Å². The fourth-order valence-corrected chi connectivity index (χ4v) is 4.02. The number of hydrogen-bond acceptors (Lipinski definition) is 4. The number of aromatic nitrogens is 1. The van der Waals surface area contributed by atoms with Gasteiger partial charge in [-0.2, -0.15) is 0 Å². The number of carbonyl (C=O) groups is 1. The highest BCUT2D eigenvalue weighted by atomic mass is 35.5. The van der Waals surface area contributed by atoms with E-state index in [9.17, 15) is 4.79 Å². The van der Waals surface area contributed by atoms with Gasteiger partial charge in [-0.25, -0.2) is 4.98 Å². The summed E-state index contributed by atoms with van der Waals surface area (Å²) in [6.45, 7) is 3.65. The first-order chi connectivity index (χ1) is 16.0. The van der Waals surface area contributed by atoms with E-state index in [2.05, 4.69) is 21.7 Å². The standard InChI is InChI=1S/C26H23Cl2N3O2/c1-33-25-10-7-21(17-20(25)6-8-22-4-2-3-11-29-22)26(32)31-14-12-30(13-15-31)18-19-5-9-23(27)24(28)16-19/h2-5,7,9-11,16-17H,12-15,18H2,1H3. The predicted molar refractivity (Wildman–Crippen MR) is 131 cm³/mol. The lowest BCUT2D eigenvalue weighted by Gasteiger charge is -2.35. The molecular weight excluding hydrogens is 457 g/mol. The van der Waals surface area contributed by atoms with Gasteiger partial charge < -0.3 is 9.64 Å². The molecule has 5 nitrogen and oxygen atoms in total. The van der Waals surface area contributed by atoms with Gasteiger partial charge in [0.2, 0.25) is 0 Å². The quantitative estimate of drug-likeness (QED) is 0.506. The zero-order valence-electron chi connectivity index (χ0n) is 18.2. The van der Waals surface area contributed by atoms with Gasteiger partial charge in [0, 0.05) is 44.5 Å². The van der Waals surface area contributed by atoms with Gasteiger partial charge in [0.15, 0.2) is 0 Å². The fourth-order valence-electron chi connectivity index (χ4n) is 3.69. The van der Waals surface area contributed by atoms with Crippen LogP contribution < -0.4 is 4.74 Å². The average molecular weight is 480 g/mol. The van der Waals surface area contributed by atoms with Crippen LogP contribution in [0.2, 0.25) is 10.0 Å². The second-order valence-corrected chi connectivity index (χ2v) is 8.51. The van der Waals surface area contributed by atoms with Gasteiger partial charge >= 0.3 is 0 Å². The van der Waals surface area contributed by atoms with E-state index in [-0.39, 0.29) is 5.91 Å². The number of halogens is 2. The Labute approximate surface area is 203 Å². The second kappa shape index (κ2) is 10.7. The van der Waals surface area contributed by atoms with Crippen LogP contribution in [0.3, 0.4) is 0 Å². The molecule has 1 aliphatic heterocycles. The van der Waals surface area contributed by atoms with E-state index in [1.165, 1.54) is 0 Å². The molecule has 1 aromatic heterocycles. The molecule has 0 aliphatic carbocycles. The Morgan fingerprint density at radius 2 is 1.82 bits per heavy atom. The number of methoxy groups -OCH3 is 1. The highest BCUT2D eigenvalue weighted by molar-refractivity contribution is 6.42. The number of hydrogen-bond donors (Lipinski definition) is 0. The van der Waals surface area contributed by atoms with Crippen LogP contribution in [0.1, 0.15) is 27.2 Å². The lowest BCUT2D eigenvalue weighted by atomic mass is 10.1. The van der Waals surface area contributed by atoms with Crippen molar-refractivity contribution in [2.24, 2.45) is 0 Å².